The molecule has 2 aromatic rings. The first-order valence-corrected chi connectivity index (χ1v) is 9.22. The second kappa shape index (κ2) is 8.92. The minimum absolute atomic E-state index is 0.00961. The predicted molar refractivity (Wildman–Crippen MR) is 104 cm³/mol. The van der Waals surface area contributed by atoms with Crippen molar-refractivity contribution in [3.05, 3.63) is 58.6 Å². The molecule has 0 atom stereocenters. The number of rotatable bonds is 6. The van der Waals surface area contributed by atoms with Crippen LogP contribution in [-0.4, -0.2) is 36.1 Å². The molecule has 0 fully saturated rings. The highest BCUT2D eigenvalue weighted by molar-refractivity contribution is 8.00. The number of halogens is 1. The van der Waals surface area contributed by atoms with E-state index in [4.69, 9.17) is 11.6 Å². The molecule has 0 aromatic heterocycles. The normalized spacial score (nSPS) is 10.4. The van der Waals surface area contributed by atoms with Crippen molar-refractivity contribution in [1.29, 1.82) is 0 Å². The topological polar surface area (TPSA) is 49.4 Å². The van der Waals surface area contributed by atoms with Gasteiger partial charge >= 0.3 is 0 Å². The molecule has 0 aliphatic carbocycles. The average Bonchev–Trinajstić information content (AvgIpc) is 2.57. The highest BCUT2D eigenvalue weighted by atomic mass is 35.5. The molecule has 132 valence electrons. The van der Waals surface area contributed by atoms with Crippen LogP contribution in [0.5, 0.6) is 0 Å². The van der Waals surface area contributed by atoms with Crippen LogP contribution in [0.3, 0.4) is 0 Å². The number of thioether (sulfide) groups is 1. The van der Waals surface area contributed by atoms with Gasteiger partial charge in [-0.1, -0.05) is 41.9 Å². The summed E-state index contributed by atoms with van der Waals surface area (Å²) in [5.41, 5.74) is 2.80. The number of nitrogens with zero attached hydrogens (tertiary/aromatic N) is 1. The van der Waals surface area contributed by atoms with Gasteiger partial charge in [0, 0.05) is 17.6 Å². The molecule has 0 aliphatic rings. The maximum atomic E-state index is 12.2. The van der Waals surface area contributed by atoms with Crippen LogP contribution in [0.25, 0.3) is 0 Å². The van der Waals surface area contributed by atoms with Gasteiger partial charge in [-0.3, -0.25) is 9.59 Å². The number of carbonyl (C=O) groups excluding carboxylic acids is 2. The molecule has 0 saturated heterocycles. The number of hydrogen-bond acceptors (Lipinski definition) is 3. The molecule has 0 radical (unpaired) electrons. The lowest BCUT2D eigenvalue weighted by Gasteiger charge is -2.18. The number of amides is 2. The van der Waals surface area contributed by atoms with E-state index in [0.717, 1.165) is 21.7 Å². The van der Waals surface area contributed by atoms with E-state index in [9.17, 15) is 9.59 Å². The summed E-state index contributed by atoms with van der Waals surface area (Å²) in [7, 11) is 1.62. The summed E-state index contributed by atoms with van der Waals surface area (Å²) < 4.78 is 0. The Balaban J connectivity index is 1.88. The fourth-order valence-corrected chi connectivity index (χ4v) is 3.49. The number of hydrogen-bond donors (Lipinski definition) is 1. The fraction of sp³-hybridized carbons (Fsp3) is 0.263. The van der Waals surface area contributed by atoms with Crippen molar-refractivity contribution in [3.8, 4) is 0 Å². The quantitative estimate of drug-likeness (QED) is 0.770. The van der Waals surface area contributed by atoms with Crippen molar-refractivity contribution < 1.29 is 9.59 Å². The highest BCUT2D eigenvalue weighted by Gasteiger charge is 2.15. The van der Waals surface area contributed by atoms with Crippen molar-refractivity contribution in [3.63, 3.8) is 0 Å². The zero-order valence-corrected chi connectivity index (χ0v) is 16.1. The Morgan fingerprint density at radius 2 is 1.72 bits per heavy atom. The van der Waals surface area contributed by atoms with Crippen LogP contribution >= 0.6 is 23.4 Å². The van der Waals surface area contributed by atoms with Crippen LogP contribution < -0.4 is 5.32 Å². The Labute approximate surface area is 157 Å². The molecule has 4 nitrogen and oxygen atoms in total. The third-order valence-electron chi connectivity index (χ3n) is 3.74. The standard InChI is InChI=1S/C19H21ClN2O2S/c1-13-7-6-8-14(2)19(13)21-17(23)11-22(3)18(24)12-25-16-10-5-4-9-15(16)20/h4-10H,11-12H2,1-3H3,(H,21,23). The molecule has 0 heterocycles. The third-order valence-corrected chi connectivity index (χ3v) is 5.24. The first kappa shape index (κ1) is 19.3. The minimum Gasteiger partial charge on any atom is -0.336 e. The zero-order chi connectivity index (χ0) is 18.4. The van der Waals surface area contributed by atoms with Crippen LogP contribution in [0.4, 0.5) is 5.69 Å². The van der Waals surface area contributed by atoms with E-state index in [1.165, 1.54) is 16.7 Å². The molecule has 25 heavy (non-hydrogen) atoms. The summed E-state index contributed by atoms with van der Waals surface area (Å²) >= 11 is 7.45. The maximum Gasteiger partial charge on any atom is 0.243 e. The summed E-state index contributed by atoms with van der Waals surface area (Å²) in [5.74, 6) is -0.103. The van der Waals surface area contributed by atoms with E-state index in [-0.39, 0.29) is 24.1 Å². The lowest BCUT2D eigenvalue weighted by atomic mass is 10.1. The summed E-state index contributed by atoms with van der Waals surface area (Å²) in [6.45, 7) is 3.89. The molecule has 0 bridgehead atoms. The maximum absolute atomic E-state index is 12.2. The second-order valence-corrected chi connectivity index (χ2v) is 7.21. The van der Waals surface area contributed by atoms with E-state index in [1.54, 1.807) is 13.1 Å². The predicted octanol–water partition coefficient (Wildman–Crippen LogP) is 4.15. The van der Waals surface area contributed by atoms with Gasteiger partial charge in [-0.25, -0.2) is 0 Å². The summed E-state index contributed by atoms with van der Waals surface area (Å²) in [4.78, 5) is 26.7. The fourth-order valence-electron chi connectivity index (χ4n) is 2.31. The third kappa shape index (κ3) is 5.51. The highest BCUT2D eigenvalue weighted by Crippen LogP contribution is 2.26. The van der Waals surface area contributed by atoms with Gasteiger partial charge in [-0.2, -0.15) is 0 Å². The van der Waals surface area contributed by atoms with Gasteiger partial charge in [0.05, 0.1) is 17.3 Å². The molecule has 2 aromatic carbocycles. The Morgan fingerprint density at radius 3 is 2.36 bits per heavy atom. The van der Waals surface area contributed by atoms with Crippen molar-refractivity contribution in [1.82, 2.24) is 4.90 Å². The van der Waals surface area contributed by atoms with E-state index in [0.29, 0.717) is 5.02 Å². The van der Waals surface area contributed by atoms with Crippen LogP contribution in [0, 0.1) is 13.8 Å². The van der Waals surface area contributed by atoms with Gasteiger partial charge in [0.25, 0.3) is 0 Å². The Morgan fingerprint density at radius 1 is 1.08 bits per heavy atom. The van der Waals surface area contributed by atoms with Gasteiger partial charge in [-0.05, 0) is 37.1 Å². The van der Waals surface area contributed by atoms with Crippen molar-refractivity contribution in [2.75, 3.05) is 24.7 Å². The number of anilines is 1. The van der Waals surface area contributed by atoms with Crippen molar-refractivity contribution in [2.24, 2.45) is 0 Å². The molecule has 2 rings (SSSR count). The SMILES string of the molecule is Cc1cccc(C)c1NC(=O)CN(C)C(=O)CSc1ccccc1Cl. The number of para-hydroxylation sites is 1. The lowest BCUT2D eigenvalue weighted by Crippen LogP contribution is -2.36. The van der Waals surface area contributed by atoms with Gasteiger partial charge in [0.2, 0.25) is 11.8 Å². The molecule has 0 aliphatic heterocycles. The van der Waals surface area contributed by atoms with Gasteiger partial charge in [0.1, 0.15) is 0 Å². The van der Waals surface area contributed by atoms with Gasteiger partial charge < -0.3 is 10.2 Å². The summed E-state index contributed by atoms with van der Waals surface area (Å²) in [5, 5.41) is 3.51. The average molecular weight is 377 g/mol. The lowest BCUT2D eigenvalue weighted by molar-refractivity contribution is -0.131. The van der Waals surface area contributed by atoms with E-state index in [1.807, 2.05) is 50.2 Å². The molecule has 0 spiro atoms. The van der Waals surface area contributed by atoms with Crippen molar-refractivity contribution >= 4 is 40.9 Å². The Kier molecular flexibility index (Phi) is 6.91. The molecule has 0 saturated carbocycles. The minimum atomic E-state index is -0.212. The Hall–Kier alpha value is -1.98. The number of benzene rings is 2. The van der Waals surface area contributed by atoms with Gasteiger partial charge in [-0.15, -0.1) is 11.8 Å². The largest absolute Gasteiger partial charge is 0.336 e. The molecular weight excluding hydrogens is 356 g/mol. The first-order chi connectivity index (χ1) is 11.9. The smallest absolute Gasteiger partial charge is 0.243 e. The zero-order valence-electron chi connectivity index (χ0n) is 14.5. The van der Waals surface area contributed by atoms with E-state index < -0.39 is 0 Å². The molecule has 1 N–H and O–H groups in total. The van der Waals surface area contributed by atoms with Crippen LogP contribution in [-0.2, 0) is 9.59 Å². The van der Waals surface area contributed by atoms with Gasteiger partial charge in [0.15, 0.2) is 0 Å². The van der Waals surface area contributed by atoms with E-state index >= 15 is 0 Å². The van der Waals surface area contributed by atoms with E-state index in [2.05, 4.69) is 5.32 Å². The summed E-state index contributed by atoms with van der Waals surface area (Å²) in [6, 6.07) is 13.2. The number of likely N-dealkylation sites (N-methyl/N-ethyl adjacent to an activating group) is 1. The van der Waals surface area contributed by atoms with Crippen LogP contribution in [0.1, 0.15) is 11.1 Å². The molecule has 0 unspecified atom stereocenters. The second-order valence-electron chi connectivity index (χ2n) is 5.78. The van der Waals surface area contributed by atoms with Crippen LogP contribution in [0.15, 0.2) is 47.4 Å². The van der Waals surface area contributed by atoms with Crippen LogP contribution in [0.2, 0.25) is 5.02 Å². The molecule has 6 heteroatoms. The summed E-state index contributed by atoms with van der Waals surface area (Å²) in [6.07, 6.45) is 0. The number of aryl methyl sites for hydroxylation is 2. The molecular formula is C19H21ClN2O2S. The van der Waals surface area contributed by atoms with Crippen molar-refractivity contribution in [2.45, 2.75) is 18.7 Å². The monoisotopic (exact) mass is 376 g/mol. The number of carbonyl (C=O) groups is 2. The number of nitrogens with one attached hydrogen (secondary N) is 1. The Bertz CT molecular complexity index is 760. The first-order valence-electron chi connectivity index (χ1n) is 7.86. The molecule has 2 amide bonds.